The van der Waals surface area contributed by atoms with Crippen LogP contribution >= 0.6 is 23.2 Å². The molecule has 0 aliphatic rings. The predicted molar refractivity (Wildman–Crippen MR) is 111 cm³/mol. The van der Waals surface area contributed by atoms with E-state index in [4.69, 9.17) is 33.2 Å². The van der Waals surface area contributed by atoms with Gasteiger partial charge in [-0.3, -0.25) is 4.79 Å². The van der Waals surface area contributed by atoms with Gasteiger partial charge in [0.25, 0.3) is 0 Å². The lowest BCUT2D eigenvalue weighted by Gasteiger charge is -2.04. The molecule has 2 aromatic carbocycles. The number of esters is 1. The van der Waals surface area contributed by atoms with E-state index in [2.05, 4.69) is 5.32 Å². The molecule has 1 amide bonds. The second-order valence-corrected chi connectivity index (χ2v) is 6.34. The van der Waals surface area contributed by atoms with Crippen LogP contribution in [-0.4, -0.2) is 18.5 Å². The molecule has 0 saturated carbocycles. The maximum absolute atomic E-state index is 12.1. The van der Waals surface area contributed by atoms with E-state index < -0.39 is 5.97 Å². The molecule has 0 aliphatic carbocycles. The third-order valence-corrected chi connectivity index (χ3v) is 4.04. The highest BCUT2D eigenvalue weighted by Gasteiger charge is 2.09. The van der Waals surface area contributed by atoms with Crippen LogP contribution in [0.4, 0.5) is 5.69 Å². The average Bonchev–Trinajstić information content (AvgIpc) is 2.67. The van der Waals surface area contributed by atoms with Crippen LogP contribution in [0.25, 0.3) is 12.2 Å². The fourth-order valence-corrected chi connectivity index (χ4v) is 2.63. The predicted octanol–water partition coefficient (Wildman–Crippen LogP) is 5.12. The molecular formula is C21H16Cl2N2O3. The highest BCUT2D eigenvalue weighted by Crippen LogP contribution is 2.22. The van der Waals surface area contributed by atoms with Crippen molar-refractivity contribution in [1.29, 1.82) is 5.26 Å². The Morgan fingerprint density at radius 1 is 1.18 bits per heavy atom. The van der Waals surface area contributed by atoms with Crippen molar-refractivity contribution >= 4 is 52.9 Å². The van der Waals surface area contributed by atoms with E-state index in [0.717, 1.165) is 0 Å². The summed E-state index contributed by atoms with van der Waals surface area (Å²) >= 11 is 11.9. The molecular weight excluding hydrogens is 399 g/mol. The normalized spacial score (nSPS) is 11.1. The number of hydrogen-bond donors (Lipinski definition) is 1. The molecule has 0 heterocycles. The fraction of sp³-hybridized carbons (Fsp3) is 0.0952. The smallest absolute Gasteiger partial charge is 0.348 e. The Morgan fingerprint density at radius 2 is 1.89 bits per heavy atom. The molecule has 0 saturated heterocycles. The molecule has 2 aromatic rings. The third kappa shape index (κ3) is 6.27. The van der Waals surface area contributed by atoms with Gasteiger partial charge in [-0.25, -0.2) is 4.79 Å². The lowest BCUT2D eigenvalue weighted by atomic mass is 10.1. The van der Waals surface area contributed by atoms with Gasteiger partial charge in [-0.2, -0.15) is 5.26 Å². The maximum atomic E-state index is 12.1. The Bertz CT molecular complexity index is 974. The van der Waals surface area contributed by atoms with Gasteiger partial charge in [0.2, 0.25) is 5.91 Å². The molecule has 5 nitrogen and oxygen atoms in total. The van der Waals surface area contributed by atoms with E-state index in [9.17, 15) is 9.59 Å². The Balaban J connectivity index is 2.03. The first-order chi connectivity index (χ1) is 13.4. The first-order valence-electron chi connectivity index (χ1n) is 8.26. The van der Waals surface area contributed by atoms with Crippen LogP contribution in [0.1, 0.15) is 18.1 Å². The molecule has 0 spiro atoms. The van der Waals surface area contributed by atoms with E-state index in [1.165, 1.54) is 12.2 Å². The van der Waals surface area contributed by atoms with Crippen LogP contribution in [0.2, 0.25) is 10.0 Å². The number of halogens is 2. The number of nitriles is 1. The molecule has 0 atom stereocenters. The average molecular weight is 415 g/mol. The zero-order valence-corrected chi connectivity index (χ0v) is 16.4. The molecule has 0 bridgehead atoms. The first-order valence-corrected chi connectivity index (χ1v) is 9.01. The minimum Gasteiger partial charge on any atom is -0.462 e. The zero-order valence-electron chi connectivity index (χ0n) is 14.9. The number of carbonyl (C=O) groups is 2. The summed E-state index contributed by atoms with van der Waals surface area (Å²) in [5, 5.41) is 12.7. The SMILES string of the molecule is CCOC(=O)/C(C#N)=C/c1ccc(NC(=O)/C=C/c2ccc(Cl)cc2Cl)cc1. The Morgan fingerprint density at radius 3 is 2.50 bits per heavy atom. The van der Waals surface area contributed by atoms with Crippen molar-refractivity contribution in [3.8, 4) is 6.07 Å². The van der Waals surface area contributed by atoms with Gasteiger partial charge in [-0.05, 0) is 54.5 Å². The van der Waals surface area contributed by atoms with Crippen molar-refractivity contribution in [1.82, 2.24) is 0 Å². The van der Waals surface area contributed by atoms with Gasteiger partial charge in [0, 0.05) is 21.8 Å². The lowest BCUT2D eigenvalue weighted by Crippen LogP contribution is -2.07. The number of ether oxygens (including phenoxy) is 1. The van der Waals surface area contributed by atoms with E-state index in [1.807, 2.05) is 6.07 Å². The molecule has 7 heteroatoms. The van der Waals surface area contributed by atoms with Crippen LogP contribution in [0.3, 0.4) is 0 Å². The summed E-state index contributed by atoms with van der Waals surface area (Å²) in [5.74, 6) is -1.01. The Kier molecular flexibility index (Phi) is 7.82. The van der Waals surface area contributed by atoms with Crippen LogP contribution in [0.15, 0.2) is 54.1 Å². The summed E-state index contributed by atoms with van der Waals surface area (Å²) in [6, 6.07) is 13.5. The van der Waals surface area contributed by atoms with Crippen LogP contribution in [-0.2, 0) is 14.3 Å². The molecule has 2 rings (SSSR count). The van der Waals surface area contributed by atoms with Crippen molar-refractivity contribution in [2.75, 3.05) is 11.9 Å². The quantitative estimate of drug-likeness (QED) is 0.404. The van der Waals surface area contributed by atoms with Gasteiger partial charge in [-0.1, -0.05) is 41.4 Å². The number of carbonyl (C=O) groups excluding carboxylic acids is 2. The maximum Gasteiger partial charge on any atom is 0.348 e. The molecule has 142 valence electrons. The molecule has 0 aromatic heterocycles. The van der Waals surface area contributed by atoms with Crippen molar-refractivity contribution < 1.29 is 14.3 Å². The first kappa shape index (κ1) is 21.2. The highest BCUT2D eigenvalue weighted by atomic mass is 35.5. The standard InChI is InChI=1S/C21H16Cl2N2O3/c1-2-28-21(27)16(13-24)11-14-3-8-18(9-4-14)25-20(26)10-6-15-5-7-17(22)12-19(15)23/h3-12H,2H2,1H3,(H,25,26)/b10-6+,16-11+. The van der Waals surface area contributed by atoms with Gasteiger partial charge >= 0.3 is 5.97 Å². The minimum absolute atomic E-state index is 0.0959. The lowest BCUT2D eigenvalue weighted by molar-refractivity contribution is -0.137. The van der Waals surface area contributed by atoms with Gasteiger partial charge in [-0.15, -0.1) is 0 Å². The summed E-state index contributed by atoms with van der Waals surface area (Å²) in [5.41, 5.74) is 1.76. The van der Waals surface area contributed by atoms with Crippen molar-refractivity contribution in [3.05, 3.63) is 75.3 Å². The summed E-state index contributed by atoms with van der Waals surface area (Å²) in [7, 11) is 0. The van der Waals surface area contributed by atoms with Crippen molar-refractivity contribution in [3.63, 3.8) is 0 Å². The molecule has 0 radical (unpaired) electrons. The zero-order chi connectivity index (χ0) is 20.5. The number of nitrogens with one attached hydrogen (secondary N) is 1. The van der Waals surface area contributed by atoms with Crippen LogP contribution in [0.5, 0.6) is 0 Å². The fourth-order valence-electron chi connectivity index (χ4n) is 2.16. The molecule has 28 heavy (non-hydrogen) atoms. The second-order valence-electron chi connectivity index (χ2n) is 5.50. The molecule has 0 aliphatic heterocycles. The monoisotopic (exact) mass is 414 g/mol. The molecule has 0 fully saturated rings. The van der Waals surface area contributed by atoms with Crippen LogP contribution < -0.4 is 5.32 Å². The summed E-state index contributed by atoms with van der Waals surface area (Å²) in [4.78, 5) is 23.7. The van der Waals surface area contributed by atoms with E-state index in [1.54, 1.807) is 55.5 Å². The topological polar surface area (TPSA) is 79.2 Å². The molecule has 0 unspecified atom stereocenters. The van der Waals surface area contributed by atoms with Gasteiger partial charge in [0.1, 0.15) is 11.6 Å². The number of amides is 1. The van der Waals surface area contributed by atoms with Gasteiger partial charge in [0.05, 0.1) is 6.61 Å². The van der Waals surface area contributed by atoms with Gasteiger partial charge in [0.15, 0.2) is 0 Å². The van der Waals surface area contributed by atoms with Crippen molar-refractivity contribution in [2.24, 2.45) is 0 Å². The second kappa shape index (κ2) is 10.3. The Hall–Kier alpha value is -3.07. The number of nitrogens with zero attached hydrogens (tertiary/aromatic N) is 1. The third-order valence-electron chi connectivity index (χ3n) is 3.48. The number of benzene rings is 2. The van der Waals surface area contributed by atoms with Crippen LogP contribution in [0, 0.1) is 11.3 Å². The summed E-state index contributed by atoms with van der Waals surface area (Å²) < 4.78 is 4.81. The van der Waals surface area contributed by atoms with E-state index in [-0.39, 0.29) is 18.1 Å². The number of rotatable bonds is 6. The summed E-state index contributed by atoms with van der Waals surface area (Å²) in [6.07, 6.45) is 4.37. The summed E-state index contributed by atoms with van der Waals surface area (Å²) in [6.45, 7) is 1.86. The van der Waals surface area contributed by atoms with E-state index in [0.29, 0.717) is 26.9 Å². The van der Waals surface area contributed by atoms with E-state index >= 15 is 0 Å². The minimum atomic E-state index is -0.673. The Labute approximate surface area is 172 Å². The number of anilines is 1. The molecule has 1 N–H and O–H groups in total. The van der Waals surface area contributed by atoms with Crippen molar-refractivity contribution in [2.45, 2.75) is 6.92 Å². The van der Waals surface area contributed by atoms with Gasteiger partial charge < -0.3 is 10.1 Å². The largest absolute Gasteiger partial charge is 0.462 e. The highest BCUT2D eigenvalue weighted by molar-refractivity contribution is 6.35. The number of hydrogen-bond acceptors (Lipinski definition) is 4.